The van der Waals surface area contributed by atoms with Crippen molar-refractivity contribution in [1.29, 1.82) is 0 Å². The first-order valence-electron chi connectivity index (χ1n) is 16.3. The molecule has 0 fully saturated rings. The third-order valence-electron chi connectivity index (χ3n) is 10.0. The van der Waals surface area contributed by atoms with Crippen molar-refractivity contribution in [3.05, 3.63) is 152 Å². The molecule has 0 radical (unpaired) electrons. The van der Waals surface area contributed by atoms with Crippen molar-refractivity contribution >= 4 is 96.5 Å². The van der Waals surface area contributed by atoms with Gasteiger partial charge in [-0.3, -0.25) is 0 Å². The van der Waals surface area contributed by atoms with E-state index in [9.17, 15) is 0 Å². The molecule has 11 aromatic rings. The van der Waals surface area contributed by atoms with Crippen molar-refractivity contribution < 1.29 is 4.42 Å². The number of pyridine rings is 1. The van der Waals surface area contributed by atoms with Gasteiger partial charge in [-0.2, -0.15) is 0 Å². The predicted molar refractivity (Wildman–Crippen MR) is 205 cm³/mol. The zero-order valence-corrected chi connectivity index (χ0v) is 26.5. The lowest BCUT2D eigenvalue weighted by Crippen LogP contribution is -1.88. The maximum Gasteiger partial charge on any atom is 0.136 e. The fourth-order valence-electron chi connectivity index (χ4n) is 7.71. The van der Waals surface area contributed by atoms with Gasteiger partial charge in [0.25, 0.3) is 0 Å². The smallest absolute Gasteiger partial charge is 0.136 e. The molecule has 0 N–H and O–H groups in total. The molecule has 0 spiro atoms. The minimum Gasteiger partial charge on any atom is -0.456 e. The van der Waals surface area contributed by atoms with Gasteiger partial charge in [0.2, 0.25) is 0 Å². The van der Waals surface area contributed by atoms with Gasteiger partial charge in [0.15, 0.2) is 0 Å². The topological polar surface area (TPSA) is 26.0 Å². The second-order valence-electron chi connectivity index (χ2n) is 12.7. The van der Waals surface area contributed by atoms with Crippen molar-refractivity contribution in [3.8, 4) is 22.5 Å². The average molecular weight is 628 g/mol. The summed E-state index contributed by atoms with van der Waals surface area (Å²) < 4.78 is 8.84. The quantitative estimate of drug-likeness (QED) is 0.178. The first-order valence-corrected chi connectivity index (χ1v) is 17.1. The van der Waals surface area contributed by atoms with Crippen molar-refractivity contribution in [2.24, 2.45) is 0 Å². The Bertz CT molecular complexity index is 3130. The Hall–Kier alpha value is -6.03. The molecule has 0 saturated carbocycles. The lowest BCUT2D eigenvalue weighted by Gasteiger charge is -2.10. The summed E-state index contributed by atoms with van der Waals surface area (Å²) >= 11 is 1.87. The lowest BCUT2D eigenvalue weighted by molar-refractivity contribution is 0.669. The molecule has 0 aliphatic carbocycles. The summed E-state index contributed by atoms with van der Waals surface area (Å²) in [6, 6.07) is 54.8. The number of fused-ring (bicyclic) bond motifs is 13. The van der Waals surface area contributed by atoms with Crippen molar-refractivity contribution in [1.82, 2.24) is 4.98 Å². The van der Waals surface area contributed by atoms with Gasteiger partial charge in [0.05, 0.1) is 11.4 Å². The van der Waals surface area contributed by atoms with E-state index in [0.29, 0.717) is 0 Å². The van der Waals surface area contributed by atoms with Crippen LogP contribution in [-0.2, 0) is 0 Å². The highest BCUT2D eigenvalue weighted by molar-refractivity contribution is 7.26. The number of furan rings is 1. The van der Waals surface area contributed by atoms with Crippen molar-refractivity contribution in [2.75, 3.05) is 0 Å². The Balaban J connectivity index is 1.04. The lowest BCUT2D eigenvalue weighted by atomic mass is 9.93. The highest BCUT2D eigenvalue weighted by Gasteiger charge is 2.15. The number of rotatable bonds is 2. The zero-order valence-electron chi connectivity index (χ0n) is 25.7. The van der Waals surface area contributed by atoms with Crippen LogP contribution in [0.3, 0.4) is 0 Å². The standard InChI is InChI=1S/C45H25NOS/c1-2-9-27-22-43-38(20-26(27)8-1)37-21-28(17-19-42(37)47-43)40-14-7-15-41(46-40)29-16-18-34-39-24-35-32-12-5-3-10-30(32)31-11-4-6-13-33(31)36(35)25-45(39)48-44(34)23-29/h1-25H. The van der Waals surface area contributed by atoms with Gasteiger partial charge in [-0.25, -0.2) is 4.98 Å². The van der Waals surface area contributed by atoms with Gasteiger partial charge in [0, 0.05) is 42.1 Å². The van der Waals surface area contributed by atoms with Gasteiger partial charge in [-0.1, -0.05) is 91.0 Å². The normalized spacial score (nSPS) is 12.2. The fourth-order valence-corrected chi connectivity index (χ4v) is 8.88. The number of hydrogen-bond donors (Lipinski definition) is 0. The minimum atomic E-state index is 0.893. The molecular weight excluding hydrogens is 603 g/mol. The van der Waals surface area contributed by atoms with E-state index >= 15 is 0 Å². The molecule has 3 aromatic heterocycles. The molecule has 0 aliphatic rings. The van der Waals surface area contributed by atoms with Crippen LogP contribution in [0.2, 0.25) is 0 Å². The molecule has 0 bridgehead atoms. The maximum absolute atomic E-state index is 6.26. The van der Waals surface area contributed by atoms with E-state index in [0.717, 1.165) is 44.5 Å². The molecule has 0 aliphatic heterocycles. The average Bonchev–Trinajstić information content (AvgIpc) is 3.69. The van der Waals surface area contributed by atoms with Gasteiger partial charge in [-0.15, -0.1) is 11.3 Å². The first-order chi connectivity index (χ1) is 23.7. The number of thiophene rings is 1. The van der Waals surface area contributed by atoms with Gasteiger partial charge < -0.3 is 4.42 Å². The van der Waals surface area contributed by atoms with E-state index in [1.165, 1.54) is 63.3 Å². The number of aromatic nitrogens is 1. The van der Waals surface area contributed by atoms with E-state index in [1.807, 2.05) is 11.3 Å². The summed E-state index contributed by atoms with van der Waals surface area (Å²) in [6.07, 6.45) is 0. The largest absolute Gasteiger partial charge is 0.456 e. The van der Waals surface area contributed by atoms with Crippen LogP contribution in [0.15, 0.2) is 156 Å². The van der Waals surface area contributed by atoms with E-state index in [1.54, 1.807) is 0 Å². The summed E-state index contributed by atoms with van der Waals surface area (Å²) in [5.74, 6) is 0. The van der Waals surface area contributed by atoms with Crippen LogP contribution in [0.4, 0.5) is 0 Å². The molecule has 3 heterocycles. The third-order valence-corrected chi connectivity index (χ3v) is 11.1. The van der Waals surface area contributed by atoms with E-state index < -0.39 is 0 Å². The number of hydrogen-bond acceptors (Lipinski definition) is 3. The fraction of sp³-hybridized carbons (Fsp3) is 0. The van der Waals surface area contributed by atoms with Crippen LogP contribution in [-0.4, -0.2) is 4.98 Å². The third kappa shape index (κ3) is 3.77. The molecule has 2 nitrogen and oxygen atoms in total. The molecular formula is C45H25NOS. The Morgan fingerprint density at radius 1 is 0.354 bits per heavy atom. The molecule has 222 valence electrons. The highest BCUT2D eigenvalue weighted by Crippen LogP contribution is 2.43. The Morgan fingerprint density at radius 3 is 1.69 bits per heavy atom. The van der Waals surface area contributed by atoms with E-state index in [2.05, 4.69) is 152 Å². The number of benzene rings is 8. The highest BCUT2D eigenvalue weighted by atomic mass is 32.1. The minimum absolute atomic E-state index is 0.893. The van der Waals surface area contributed by atoms with Gasteiger partial charge in [0.1, 0.15) is 11.2 Å². The summed E-state index contributed by atoms with van der Waals surface area (Å²) in [6.45, 7) is 0. The van der Waals surface area contributed by atoms with E-state index in [-0.39, 0.29) is 0 Å². The summed E-state index contributed by atoms with van der Waals surface area (Å²) in [5, 5.41) is 15.1. The Kier molecular flexibility index (Phi) is 5.29. The zero-order chi connectivity index (χ0) is 31.3. The van der Waals surface area contributed by atoms with E-state index in [4.69, 9.17) is 9.40 Å². The van der Waals surface area contributed by atoms with Gasteiger partial charge in [-0.05, 0) is 104 Å². The summed E-state index contributed by atoms with van der Waals surface area (Å²) in [4.78, 5) is 5.18. The van der Waals surface area contributed by atoms with Crippen molar-refractivity contribution in [3.63, 3.8) is 0 Å². The molecule has 11 rings (SSSR count). The molecule has 0 amide bonds. The SMILES string of the molecule is c1cc(-c2ccc3c(c2)sc2cc4c5ccccc5c5ccccc5c4cc23)nc(-c2ccc3oc4cc5ccccc5cc4c3c2)c1. The summed E-state index contributed by atoms with van der Waals surface area (Å²) in [5.41, 5.74) is 5.92. The first kappa shape index (κ1) is 26.1. The van der Waals surface area contributed by atoms with Crippen LogP contribution in [0.5, 0.6) is 0 Å². The van der Waals surface area contributed by atoms with Gasteiger partial charge >= 0.3 is 0 Å². The molecule has 0 atom stereocenters. The van der Waals surface area contributed by atoms with Crippen LogP contribution >= 0.6 is 11.3 Å². The molecule has 8 aromatic carbocycles. The summed E-state index contributed by atoms with van der Waals surface area (Å²) in [7, 11) is 0. The molecule has 0 saturated heterocycles. The van der Waals surface area contributed by atoms with Crippen molar-refractivity contribution in [2.45, 2.75) is 0 Å². The van der Waals surface area contributed by atoms with Crippen LogP contribution in [0, 0.1) is 0 Å². The molecule has 48 heavy (non-hydrogen) atoms. The van der Waals surface area contributed by atoms with Crippen LogP contribution in [0.25, 0.3) is 108 Å². The monoisotopic (exact) mass is 627 g/mol. The predicted octanol–water partition coefficient (Wildman–Crippen LogP) is 13.3. The van der Waals surface area contributed by atoms with Crippen LogP contribution in [0.1, 0.15) is 0 Å². The second-order valence-corrected chi connectivity index (χ2v) is 13.8. The molecule has 3 heteroatoms. The molecule has 0 unspecified atom stereocenters. The Morgan fingerprint density at radius 2 is 0.938 bits per heavy atom. The number of nitrogens with zero attached hydrogens (tertiary/aromatic N) is 1. The maximum atomic E-state index is 6.26. The Labute approximate surface area is 279 Å². The second kappa shape index (κ2) is 9.74. The van der Waals surface area contributed by atoms with Crippen LogP contribution < -0.4 is 0 Å².